The summed E-state index contributed by atoms with van der Waals surface area (Å²) >= 11 is 6.24. The van der Waals surface area contributed by atoms with Gasteiger partial charge in [-0.15, -0.1) is 0 Å². The molecule has 6 nitrogen and oxygen atoms in total. The van der Waals surface area contributed by atoms with Crippen LogP contribution in [-0.2, 0) is 0 Å². The van der Waals surface area contributed by atoms with Gasteiger partial charge in [-0.05, 0) is 101 Å². The minimum absolute atomic E-state index is 0.279. The van der Waals surface area contributed by atoms with E-state index in [2.05, 4.69) is 51.1 Å². The van der Waals surface area contributed by atoms with E-state index >= 15 is 0 Å². The molecule has 0 bridgehead atoms. The summed E-state index contributed by atoms with van der Waals surface area (Å²) in [5.74, 6) is 0. The van der Waals surface area contributed by atoms with Crippen LogP contribution in [-0.4, -0.2) is 45.6 Å². The third-order valence-electron chi connectivity index (χ3n) is 7.07. The van der Waals surface area contributed by atoms with Gasteiger partial charge in [-0.25, -0.2) is 4.98 Å². The van der Waals surface area contributed by atoms with Crippen molar-refractivity contribution >= 4 is 34.0 Å². The Morgan fingerprint density at radius 3 is 2.51 bits per heavy atom. The van der Waals surface area contributed by atoms with Crippen molar-refractivity contribution in [2.45, 2.75) is 25.8 Å². The summed E-state index contributed by atoms with van der Waals surface area (Å²) in [5, 5.41) is 5.26. The Kier molecular flexibility index (Phi) is 6.37. The average molecular weight is 509 g/mol. The van der Waals surface area contributed by atoms with Crippen molar-refractivity contribution < 1.29 is 0 Å². The van der Waals surface area contributed by atoms with Crippen molar-refractivity contribution in [3.8, 4) is 17.1 Å². The lowest BCUT2D eigenvalue weighted by molar-refractivity contribution is 0.255. The molecule has 3 aliphatic rings. The van der Waals surface area contributed by atoms with Gasteiger partial charge in [0.1, 0.15) is 0 Å². The van der Waals surface area contributed by atoms with Gasteiger partial charge in [0.25, 0.3) is 0 Å². The van der Waals surface area contributed by atoms with E-state index in [0.717, 1.165) is 76.5 Å². The van der Waals surface area contributed by atoms with Crippen LogP contribution in [0.4, 0.5) is 11.4 Å². The van der Waals surface area contributed by atoms with Crippen molar-refractivity contribution in [3.05, 3.63) is 95.1 Å². The molecular formula is C30H29ClN6. The molecule has 2 aliphatic heterocycles. The van der Waals surface area contributed by atoms with Gasteiger partial charge < -0.3 is 14.8 Å². The largest absolute Gasteiger partial charge is 0.352 e. The van der Waals surface area contributed by atoms with Crippen LogP contribution in [0.1, 0.15) is 18.5 Å². The molecule has 1 aliphatic carbocycles. The summed E-state index contributed by atoms with van der Waals surface area (Å²) < 4.78 is 2.25. The van der Waals surface area contributed by atoms with Gasteiger partial charge in [-0.2, -0.15) is 0 Å². The molecule has 0 radical (unpaired) electrons. The molecule has 37 heavy (non-hydrogen) atoms. The number of rotatable bonds is 4. The van der Waals surface area contributed by atoms with Crippen LogP contribution in [0.15, 0.2) is 84.0 Å². The molecule has 0 spiro atoms. The smallest absolute Gasteiger partial charge is 0.0900 e. The van der Waals surface area contributed by atoms with Gasteiger partial charge in [0.15, 0.2) is 0 Å². The van der Waals surface area contributed by atoms with Gasteiger partial charge in [0, 0.05) is 16.9 Å². The summed E-state index contributed by atoms with van der Waals surface area (Å²) in [7, 11) is 2.18. The van der Waals surface area contributed by atoms with Crippen molar-refractivity contribution in [1.82, 2.24) is 19.4 Å². The molecule has 0 atom stereocenters. The number of piperidine rings is 1. The predicted molar refractivity (Wildman–Crippen MR) is 151 cm³/mol. The third-order valence-corrected chi connectivity index (χ3v) is 7.32. The number of fused-ring (bicyclic) bond motifs is 2. The molecule has 0 unspecified atom stereocenters. The Morgan fingerprint density at radius 2 is 1.73 bits per heavy atom. The summed E-state index contributed by atoms with van der Waals surface area (Å²) in [6.45, 7) is 4.13. The maximum Gasteiger partial charge on any atom is 0.0900 e. The van der Waals surface area contributed by atoms with Crippen molar-refractivity contribution in [1.29, 1.82) is 0 Å². The molecule has 186 valence electrons. The van der Waals surface area contributed by atoms with E-state index < -0.39 is 0 Å². The topological polar surface area (TPSA) is 58.3 Å². The number of hydrogen-bond donors (Lipinski definition) is 1. The SMILES string of the molecule is Cc1ncccc1Nc1cc2nc3ccccc3n(-c3ccc(Cl)cc3)c-2c/c1=N\C1CCN(C)CC1. The molecule has 1 fully saturated rings. The number of aromatic nitrogens is 3. The highest BCUT2D eigenvalue weighted by Gasteiger charge is 2.19. The van der Waals surface area contributed by atoms with Crippen molar-refractivity contribution in [2.75, 3.05) is 25.5 Å². The first-order chi connectivity index (χ1) is 18.0. The predicted octanol–water partition coefficient (Wildman–Crippen LogP) is 6.23. The molecule has 3 heterocycles. The van der Waals surface area contributed by atoms with Crippen molar-refractivity contribution in [3.63, 3.8) is 0 Å². The number of hydrogen-bond acceptors (Lipinski definition) is 5. The molecule has 7 heteroatoms. The fraction of sp³-hybridized carbons (Fsp3) is 0.233. The Bertz CT molecular complexity index is 1600. The number of halogens is 1. The Balaban J connectivity index is 1.61. The highest BCUT2D eigenvalue weighted by molar-refractivity contribution is 6.30. The van der Waals surface area contributed by atoms with Crippen LogP contribution in [0.3, 0.4) is 0 Å². The van der Waals surface area contributed by atoms with Crippen LogP contribution in [0.5, 0.6) is 0 Å². The highest BCUT2D eigenvalue weighted by Crippen LogP contribution is 2.31. The zero-order valence-electron chi connectivity index (χ0n) is 21.0. The van der Waals surface area contributed by atoms with Gasteiger partial charge >= 0.3 is 0 Å². The van der Waals surface area contributed by atoms with E-state index in [-0.39, 0.29) is 6.04 Å². The van der Waals surface area contributed by atoms with Crippen LogP contribution in [0, 0.1) is 6.92 Å². The fourth-order valence-corrected chi connectivity index (χ4v) is 5.13. The second-order valence-corrected chi connectivity index (χ2v) is 10.1. The molecule has 1 aromatic heterocycles. The maximum atomic E-state index is 6.24. The van der Waals surface area contributed by atoms with Crippen LogP contribution in [0.2, 0.25) is 5.02 Å². The highest BCUT2D eigenvalue weighted by atomic mass is 35.5. The van der Waals surface area contributed by atoms with Gasteiger partial charge in [0.05, 0.1) is 50.9 Å². The summed E-state index contributed by atoms with van der Waals surface area (Å²) in [6, 6.07) is 24.8. The summed E-state index contributed by atoms with van der Waals surface area (Å²) in [4.78, 5) is 17.2. The second-order valence-electron chi connectivity index (χ2n) is 9.70. The zero-order valence-corrected chi connectivity index (χ0v) is 21.8. The van der Waals surface area contributed by atoms with Crippen molar-refractivity contribution in [2.24, 2.45) is 4.99 Å². The first kappa shape index (κ1) is 23.6. The van der Waals surface area contributed by atoms with Gasteiger partial charge in [-0.3, -0.25) is 9.98 Å². The van der Waals surface area contributed by atoms with E-state index in [4.69, 9.17) is 21.6 Å². The lowest BCUT2D eigenvalue weighted by Gasteiger charge is -2.27. The molecular weight excluding hydrogens is 480 g/mol. The first-order valence-electron chi connectivity index (χ1n) is 12.7. The molecule has 2 aromatic carbocycles. The molecule has 3 aromatic rings. The van der Waals surface area contributed by atoms with E-state index in [1.165, 1.54) is 0 Å². The fourth-order valence-electron chi connectivity index (χ4n) is 5.00. The Morgan fingerprint density at radius 1 is 0.946 bits per heavy atom. The summed E-state index contributed by atoms with van der Waals surface area (Å²) in [6.07, 6.45) is 3.91. The zero-order chi connectivity index (χ0) is 25.4. The number of nitrogens with one attached hydrogen (secondary N) is 1. The maximum absolute atomic E-state index is 6.24. The standard InChI is InChI=1S/C30H29ClN6/c1-20-24(7-5-15-32-20)34-26-18-28-30(19-27(26)33-22-13-16-36(2)17-14-22)37(23-11-9-21(31)10-12-23)29-8-4-3-6-25(29)35-28/h3-12,15,18-19,22,34H,13-14,16-17H2,1-2H3/b33-27+. The number of nitrogens with zero attached hydrogens (tertiary/aromatic N) is 5. The lowest BCUT2D eigenvalue weighted by Crippen LogP contribution is -2.33. The minimum Gasteiger partial charge on any atom is -0.352 e. The lowest BCUT2D eigenvalue weighted by atomic mass is 10.1. The molecule has 0 saturated carbocycles. The van der Waals surface area contributed by atoms with E-state index in [1.54, 1.807) is 0 Å². The third kappa shape index (κ3) is 4.82. The van der Waals surface area contributed by atoms with Crippen LogP contribution >= 0.6 is 11.6 Å². The Hall–Kier alpha value is -3.74. The second kappa shape index (κ2) is 9.96. The van der Waals surface area contributed by atoms with Gasteiger partial charge in [-0.1, -0.05) is 23.7 Å². The number of benzene rings is 3. The number of para-hydroxylation sites is 2. The minimum atomic E-state index is 0.279. The summed E-state index contributed by atoms with van der Waals surface area (Å²) in [5.41, 5.74) is 7.72. The number of aryl methyl sites for hydroxylation is 1. The number of likely N-dealkylation sites (tertiary alicyclic amines) is 1. The first-order valence-corrected chi connectivity index (χ1v) is 13.1. The number of pyridine rings is 1. The van der Waals surface area contributed by atoms with E-state index in [9.17, 15) is 0 Å². The molecule has 1 N–H and O–H groups in total. The number of anilines is 2. The average Bonchev–Trinajstić information content (AvgIpc) is 2.91. The van der Waals surface area contributed by atoms with Crippen LogP contribution in [0.25, 0.3) is 28.1 Å². The van der Waals surface area contributed by atoms with E-state index in [1.807, 2.05) is 61.7 Å². The molecule has 6 rings (SSSR count). The van der Waals surface area contributed by atoms with Gasteiger partial charge in [0.2, 0.25) is 0 Å². The van der Waals surface area contributed by atoms with E-state index in [0.29, 0.717) is 5.02 Å². The normalized spacial score (nSPS) is 15.5. The molecule has 1 saturated heterocycles. The quantitative estimate of drug-likeness (QED) is 0.292. The van der Waals surface area contributed by atoms with Crippen LogP contribution < -0.4 is 10.7 Å². The molecule has 0 amide bonds. The monoisotopic (exact) mass is 508 g/mol. The Labute approximate surface area is 221 Å².